The van der Waals surface area contributed by atoms with Crippen molar-refractivity contribution >= 4 is 33.3 Å². The number of thiophene rings is 1. The summed E-state index contributed by atoms with van der Waals surface area (Å²) in [5.74, 6) is -0.154. The molecule has 6 nitrogen and oxygen atoms in total. The summed E-state index contributed by atoms with van der Waals surface area (Å²) in [7, 11) is 1.69. The first-order valence-electron chi connectivity index (χ1n) is 6.50. The van der Waals surface area contributed by atoms with Crippen LogP contribution < -0.4 is 11.1 Å². The molecule has 2 rings (SSSR count). The number of nitrogens with zero attached hydrogens (tertiary/aromatic N) is 2. The lowest BCUT2D eigenvalue weighted by Crippen LogP contribution is -2.24. The first-order chi connectivity index (χ1) is 9.74. The summed E-state index contributed by atoms with van der Waals surface area (Å²) in [6.45, 7) is 1.39. The number of unbranched alkanes of at least 4 members (excludes halogenated alkanes) is 2. The first kappa shape index (κ1) is 14.7. The molecule has 0 saturated carbocycles. The number of hydrogen-bond acceptors (Lipinski definition) is 6. The maximum atomic E-state index is 12.1. The summed E-state index contributed by atoms with van der Waals surface area (Å²) in [5, 5.41) is 2.87. The number of rotatable bonds is 7. The first-order valence-corrected chi connectivity index (χ1v) is 7.31. The molecule has 7 heteroatoms. The normalized spacial score (nSPS) is 10.8. The van der Waals surface area contributed by atoms with Gasteiger partial charge in [0.25, 0.3) is 5.91 Å². The van der Waals surface area contributed by atoms with E-state index in [9.17, 15) is 4.79 Å². The van der Waals surface area contributed by atoms with E-state index in [1.807, 2.05) is 0 Å². The second-order valence-electron chi connectivity index (χ2n) is 4.36. The monoisotopic (exact) mass is 294 g/mol. The maximum absolute atomic E-state index is 12.1. The highest BCUT2D eigenvalue weighted by atomic mass is 32.1. The fraction of sp³-hybridized carbons (Fsp3) is 0.462. The zero-order chi connectivity index (χ0) is 14.4. The van der Waals surface area contributed by atoms with Crippen LogP contribution in [0.4, 0.5) is 5.69 Å². The maximum Gasteiger partial charge on any atom is 0.263 e. The van der Waals surface area contributed by atoms with E-state index in [-0.39, 0.29) is 5.91 Å². The Morgan fingerprint density at radius 2 is 2.15 bits per heavy atom. The van der Waals surface area contributed by atoms with Gasteiger partial charge in [0, 0.05) is 32.7 Å². The third-order valence-electron chi connectivity index (χ3n) is 2.88. The fourth-order valence-corrected chi connectivity index (χ4v) is 2.78. The molecule has 2 aromatic heterocycles. The van der Waals surface area contributed by atoms with Crippen LogP contribution in [0.3, 0.4) is 0 Å². The van der Waals surface area contributed by atoms with Gasteiger partial charge in [-0.15, -0.1) is 11.3 Å². The quantitative estimate of drug-likeness (QED) is 0.760. The van der Waals surface area contributed by atoms with Crippen LogP contribution in [0.15, 0.2) is 12.4 Å². The van der Waals surface area contributed by atoms with E-state index in [4.69, 9.17) is 10.5 Å². The van der Waals surface area contributed by atoms with Crippen molar-refractivity contribution < 1.29 is 9.53 Å². The lowest BCUT2D eigenvalue weighted by Gasteiger charge is -2.04. The average Bonchev–Trinajstić information content (AvgIpc) is 2.80. The van der Waals surface area contributed by atoms with Gasteiger partial charge in [-0.05, 0) is 19.3 Å². The van der Waals surface area contributed by atoms with Crippen LogP contribution >= 0.6 is 11.3 Å². The van der Waals surface area contributed by atoms with Gasteiger partial charge in [0.2, 0.25) is 0 Å². The third-order valence-corrected chi connectivity index (χ3v) is 3.98. The summed E-state index contributed by atoms with van der Waals surface area (Å²) in [6, 6.07) is 0. The van der Waals surface area contributed by atoms with Crippen molar-refractivity contribution in [3.8, 4) is 0 Å². The molecule has 108 valence electrons. The molecule has 20 heavy (non-hydrogen) atoms. The number of carbonyl (C=O) groups is 1. The van der Waals surface area contributed by atoms with Gasteiger partial charge in [-0.2, -0.15) is 0 Å². The second kappa shape index (κ2) is 7.16. The number of aromatic nitrogens is 2. The molecular formula is C13H18N4O2S. The summed E-state index contributed by atoms with van der Waals surface area (Å²) >= 11 is 1.27. The number of methoxy groups -OCH3 is 1. The molecule has 0 aliphatic rings. The molecule has 0 fully saturated rings. The Labute approximate surface area is 121 Å². The van der Waals surface area contributed by atoms with Crippen molar-refractivity contribution in [2.75, 3.05) is 26.0 Å². The largest absolute Gasteiger partial charge is 0.396 e. The van der Waals surface area contributed by atoms with Gasteiger partial charge < -0.3 is 15.8 Å². The zero-order valence-electron chi connectivity index (χ0n) is 11.4. The van der Waals surface area contributed by atoms with E-state index in [1.54, 1.807) is 19.5 Å². The van der Waals surface area contributed by atoms with Crippen LogP contribution in [0.1, 0.15) is 28.9 Å². The molecule has 0 spiro atoms. The van der Waals surface area contributed by atoms with E-state index in [1.165, 1.54) is 11.3 Å². The lowest BCUT2D eigenvalue weighted by molar-refractivity contribution is 0.0957. The predicted octanol–water partition coefficient (Wildman–Crippen LogP) is 1.82. The SMILES string of the molecule is COCCCCCNC(=O)c1sc2nccnc2c1N. The molecule has 0 aliphatic carbocycles. The Hall–Kier alpha value is -1.73. The third kappa shape index (κ3) is 3.43. The van der Waals surface area contributed by atoms with Crippen molar-refractivity contribution in [2.45, 2.75) is 19.3 Å². The highest BCUT2D eigenvalue weighted by molar-refractivity contribution is 7.21. The molecule has 0 aromatic carbocycles. The number of amides is 1. The van der Waals surface area contributed by atoms with Crippen molar-refractivity contribution in [3.63, 3.8) is 0 Å². The highest BCUT2D eigenvalue weighted by Gasteiger charge is 2.17. The van der Waals surface area contributed by atoms with Crippen molar-refractivity contribution in [1.29, 1.82) is 0 Å². The molecule has 1 amide bonds. The number of nitrogens with one attached hydrogen (secondary N) is 1. The summed E-state index contributed by atoms with van der Waals surface area (Å²) < 4.78 is 4.97. The molecule has 2 aromatic rings. The molecule has 0 bridgehead atoms. The van der Waals surface area contributed by atoms with Crippen LogP contribution in [0, 0.1) is 0 Å². The Kier molecular flexibility index (Phi) is 5.25. The Morgan fingerprint density at radius 3 is 2.90 bits per heavy atom. The number of ether oxygens (including phenoxy) is 1. The molecule has 0 radical (unpaired) electrons. The molecule has 0 aliphatic heterocycles. The van der Waals surface area contributed by atoms with Crippen LogP contribution in [-0.2, 0) is 4.74 Å². The Morgan fingerprint density at radius 1 is 1.35 bits per heavy atom. The average molecular weight is 294 g/mol. The molecule has 2 heterocycles. The summed E-state index contributed by atoms with van der Waals surface area (Å²) in [6.07, 6.45) is 6.12. The zero-order valence-corrected chi connectivity index (χ0v) is 12.2. The van der Waals surface area contributed by atoms with Crippen molar-refractivity contribution in [3.05, 3.63) is 17.3 Å². The standard InChI is InChI=1S/C13H18N4O2S/c1-19-8-4-2-3-5-16-12(18)11-9(14)10-13(20-11)17-7-6-15-10/h6-7H,2-5,8,14H2,1H3,(H,16,18). The number of anilines is 1. The number of nitrogens with two attached hydrogens (primary N) is 1. The smallest absolute Gasteiger partial charge is 0.263 e. The number of nitrogen functional groups attached to an aromatic ring is 1. The van der Waals surface area contributed by atoms with Gasteiger partial charge in [0.05, 0.1) is 5.69 Å². The minimum absolute atomic E-state index is 0.154. The summed E-state index contributed by atoms with van der Waals surface area (Å²) in [4.78, 5) is 21.5. The van der Waals surface area contributed by atoms with Crippen LogP contribution in [0.25, 0.3) is 10.3 Å². The van der Waals surface area contributed by atoms with Gasteiger partial charge in [-0.3, -0.25) is 4.79 Å². The Balaban J connectivity index is 1.89. The fourth-order valence-electron chi connectivity index (χ4n) is 1.84. The van der Waals surface area contributed by atoms with Crippen LogP contribution in [-0.4, -0.2) is 36.1 Å². The van der Waals surface area contributed by atoms with Crippen LogP contribution in [0.5, 0.6) is 0 Å². The number of hydrogen-bond donors (Lipinski definition) is 2. The van der Waals surface area contributed by atoms with Gasteiger partial charge in [0.1, 0.15) is 15.2 Å². The Bertz CT molecular complexity index is 585. The number of carbonyl (C=O) groups excluding carboxylic acids is 1. The van der Waals surface area contributed by atoms with Crippen molar-refractivity contribution in [2.24, 2.45) is 0 Å². The molecule has 3 N–H and O–H groups in total. The van der Waals surface area contributed by atoms with Gasteiger partial charge in [-0.25, -0.2) is 9.97 Å². The minimum atomic E-state index is -0.154. The van der Waals surface area contributed by atoms with Gasteiger partial charge >= 0.3 is 0 Å². The topological polar surface area (TPSA) is 90.1 Å². The van der Waals surface area contributed by atoms with Crippen LogP contribution in [0.2, 0.25) is 0 Å². The second-order valence-corrected chi connectivity index (χ2v) is 5.36. The predicted molar refractivity (Wildman–Crippen MR) is 79.9 cm³/mol. The van der Waals surface area contributed by atoms with E-state index in [2.05, 4.69) is 15.3 Å². The molecule has 0 unspecified atom stereocenters. The molecule has 0 atom stereocenters. The lowest BCUT2D eigenvalue weighted by atomic mass is 10.2. The molecule has 0 saturated heterocycles. The van der Waals surface area contributed by atoms with E-state index in [0.29, 0.717) is 27.5 Å². The molecular weight excluding hydrogens is 276 g/mol. The highest BCUT2D eigenvalue weighted by Crippen LogP contribution is 2.30. The number of fused-ring (bicyclic) bond motifs is 1. The van der Waals surface area contributed by atoms with E-state index >= 15 is 0 Å². The van der Waals surface area contributed by atoms with Gasteiger partial charge in [-0.1, -0.05) is 0 Å². The van der Waals surface area contributed by atoms with Crippen molar-refractivity contribution in [1.82, 2.24) is 15.3 Å². The summed E-state index contributed by atoms with van der Waals surface area (Å²) in [5.41, 5.74) is 6.95. The van der Waals surface area contributed by atoms with E-state index < -0.39 is 0 Å². The van der Waals surface area contributed by atoms with Gasteiger partial charge in [0.15, 0.2) is 0 Å². The van der Waals surface area contributed by atoms with E-state index in [0.717, 1.165) is 25.9 Å². The minimum Gasteiger partial charge on any atom is -0.396 e.